The Morgan fingerprint density at radius 3 is 2.23 bits per heavy atom. The van der Waals surface area contributed by atoms with Gasteiger partial charge in [0.25, 0.3) is 0 Å². The second kappa shape index (κ2) is 11.6. The lowest BCUT2D eigenvalue weighted by Crippen LogP contribution is -2.37. The van der Waals surface area contributed by atoms with Gasteiger partial charge in [0.2, 0.25) is 0 Å². The molecule has 3 atom stereocenters. The van der Waals surface area contributed by atoms with Gasteiger partial charge in [-0.25, -0.2) is 9.38 Å². The number of nitrogens with two attached hydrogens (primary N) is 1. The first kappa shape index (κ1) is 25.4. The molecule has 0 heterocycles. The molecular weight excluding hydrogens is 397 g/mol. The van der Waals surface area contributed by atoms with E-state index in [0.29, 0.717) is 11.5 Å². The number of hydrogen-bond acceptors (Lipinski definition) is 3. The Kier molecular flexibility index (Phi) is 9.79. The summed E-state index contributed by atoms with van der Waals surface area (Å²) in [6.07, 6.45) is 1.84. The Bertz CT molecular complexity index is 852. The standard InChI is InChI=1S/C22H28FN3OS.C2H4/c1-15(23)16-9-11-17(12-10-16)20(14-27)22(2,25-21(24)26(3)4)18-7-6-8-19(13-18)28-5;1-2/h6-15,20H,1-5H3,(H2,24,25);1-2H2. The molecule has 30 heavy (non-hydrogen) atoms. The van der Waals surface area contributed by atoms with Gasteiger partial charge < -0.3 is 15.4 Å². The van der Waals surface area contributed by atoms with Gasteiger partial charge in [-0.3, -0.25) is 0 Å². The maximum absolute atomic E-state index is 13.6. The van der Waals surface area contributed by atoms with Gasteiger partial charge in [0.15, 0.2) is 5.96 Å². The summed E-state index contributed by atoms with van der Waals surface area (Å²) >= 11 is 1.62. The fourth-order valence-corrected chi connectivity index (χ4v) is 3.55. The van der Waals surface area contributed by atoms with Crippen LogP contribution in [0.25, 0.3) is 0 Å². The van der Waals surface area contributed by atoms with Gasteiger partial charge >= 0.3 is 0 Å². The molecule has 0 aliphatic rings. The molecule has 162 valence electrons. The number of rotatable bonds is 7. The number of aliphatic imine (C=N–C) groups is 1. The molecule has 0 saturated carbocycles. The van der Waals surface area contributed by atoms with E-state index < -0.39 is 17.6 Å². The lowest BCUT2D eigenvalue weighted by Gasteiger charge is -2.33. The molecule has 0 fully saturated rings. The van der Waals surface area contributed by atoms with E-state index in [1.807, 2.05) is 51.5 Å². The summed E-state index contributed by atoms with van der Waals surface area (Å²) in [5.41, 5.74) is 7.48. The molecule has 0 saturated heterocycles. The van der Waals surface area contributed by atoms with E-state index in [1.165, 1.54) is 6.92 Å². The van der Waals surface area contributed by atoms with E-state index >= 15 is 0 Å². The van der Waals surface area contributed by atoms with Crippen LogP contribution in [0.4, 0.5) is 4.39 Å². The lowest BCUT2D eigenvalue weighted by molar-refractivity contribution is -0.110. The van der Waals surface area contributed by atoms with Gasteiger partial charge in [-0.15, -0.1) is 24.9 Å². The minimum Gasteiger partial charge on any atom is -0.370 e. The topological polar surface area (TPSA) is 58.7 Å². The number of hydrogen-bond donors (Lipinski definition) is 1. The highest BCUT2D eigenvalue weighted by atomic mass is 32.2. The molecule has 0 spiro atoms. The van der Waals surface area contributed by atoms with Crippen LogP contribution >= 0.6 is 11.8 Å². The molecule has 0 aromatic heterocycles. The van der Waals surface area contributed by atoms with Crippen molar-refractivity contribution in [3.63, 3.8) is 0 Å². The van der Waals surface area contributed by atoms with Crippen molar-refractivity contribution < 1.29 is 9.18 Å². The number of carbonyl (C=O) groups excluding carboxylic acids is 1. The fourth-order valence-electron chi connectivity index (χ4n) is 3.09. The van der Waals surface area contributed by atoms with Gasteiger partial charge in [-0.2, -0.15) is 0 Å². The third-order valence-electron chi connectivity index (χ3n) is 4.96. The average molecular weight is 430 g/mol. The van der Waals surface area contributed by atoms with E-state index in [2.05, 4.69) is 13.2 Å². The van der Waals surface area contributed by atoms with Crippen LogP contribution in [0, 0.1) is 0 Å². The summed E-state index contributed by atoms with van der Waals surface area (Å²) in [7, 11) is 3.62. The largest absolute Gasteiger partial charge is 0.370 e. The van der Waals surface area contributed by atoms with E-state index in [1.54, 1.807) is 40.9 Å². The maximum atomic E-state index is 13.6. The van der Waals surface area contributed by atoms with Crippen molar-refractivity contribution in [2.75, 3.05) is 20.4 Å². The number of guanidine groups is 1. The zero-order chi connectivity index (χ0) is 22.9. The van der Waals surface area contributed by atoms with Crippen molar-refractivity contribution >= 4 is 24.0 Å². The highest BCUT2D eigenvalue weighted by Gasteiger charge is 2.38. The van der Waals surface area contributed by atoms with Crippen molar-refractivity contribution in [1.29, 1.82) is 0 Å². The monoisotopic (exact) mass is 429 g/mol. The Hall–Kier alpha value is -2.60. The average Bonchev–Trinajstić information content (AvgIpc) is 2.75. The van der Waals surface area contributed by atoms with Gasteiger partial charge in [0.1, 0.15) is 18.0 Å². The summed E-state index contributed by atoms with van der Waals surface area (Å²) in [6, 6.07) is 15.0. The summed E-state index contributed by atoms with van der Waals surface area (Å²) in [5, 5.41) is 0. The van der Waals surface area contributed by atoms with E-state index in [0.717, 1.165) is 22.3 Å². The molecule has 3 unspecified atom stereocenters. The predicted octanol–water partition coefficient (Wildman–Crippen LogP) is 5.32. The third kappa shape index (κ3) is 5.95. The predicted molar refractivity (Wildman–Crippen MR) is 127 cm³/mol. The summed E-state index contributed by atoms with van der Waals surface area (Å²) in [4.78, 5) is 19.8. The molecule has 0 aliphatic heterocycles. The van der Waals surface area contributed by atoms with Crippen LogP contribution in [-0.4, -0.2) is 37.5 Å². The van der Waals surface area contributed by atoms with Gasteiger partial charge in [-0.05, 0) is 48.9 Å². The highest BCUT2D eigenvalue weighted by molar-refractivity contribution is 7.98. The number of nitrogens with zero attached hydrogens (tertiary/aromatic N) is 2. The minimum absolute atomic E-state index is 0.331. The molecule has 2 aromatic carbocycles. The third-order valence-corrected chi connectivity index (χ3v) is 5.68. The molecule has 0 aliphatic carbocycles. The minimum atomic E-state index is -1.06. The van der Waals surface area contributed by atoms with Crippen LogP contribution < -0.4 is 5.73 Å². The Morgan fingerprint density at radius 1 is 1.20 bits per heavy atom. The molecular formula is C24H32FN3OS. The first-order valence-electron chi connectivity index (χ1n) is 9.59. The Morgan fingerprint density at radius 2 is 1.77 bits per heavy atom. The van der Waals surface area contributed by atoms with Gasteiger partial charge in [0, 0.05) is 19.0 Å². The van der Waals surface area contributed by atoms with Crippen LogP contribution in [0.1, 0.15) is 42.6 Å². The van der Waals surface area contributed by atoms with Crippen molar-refractivity contribution in [2.45, 2.75) is 36.4 Å². The van der Waals surface area contributed by atoms with Crippen molar-refractivity contribution in [2.24, 2.45) is 10.7 Å². The SMILES string of the molecule is C=C.CSc1cccc(C(C)(N=C(N)N(C)C)C(C=O)c2ccc(C(C)F)cc2)c1. The quantitative estimate of drug-likeness (QED) is 0.213. The maximum Gasteiger partial charge on any atom is 0.191 e. The van der Waals surface area contributed by atoms with Crippen molar-refractivity contribution in [1.82, 2.24) is 4.90 Å². The number of alkyl halides is 1. The first-order chi connectivity index (χ1) is 14.2. The van der Waals surface area contributed by atoms with Crippen LogP contribution in [0.2, 0.25) is 0 Å². The van der Waals surface area contributed by atoms with Crippen LogP contribution in [-0.2, 0) is 10.3 Å². The molecule has 2 rings (SSSR count). The second-order valence-electron chi connectivity index (χ2n) is 7.14. The first-order valence-corrected chi connectivity index (χ1v) is 10.8. The Labute approximate surface area is 184 Å². The molecule has 2 N–H and O–H groups in total. The van der Waals surface area contributed by atoms with Gasteiger partial charge in [0.05, 0.1) is 5.92 Å². The highest BCUT2D eigenvalue weighted by Crippen LogP contribution is 2.40. The number of thioether (sulfide) groups is 1. The van der Waals surface area contributed by atoms with Crippen LogP contribution in [0.15, 0.2) is 71.6 Å². The molecule has 6 heteroatoms. The number of carbonyl (C=O) groups is 1. The molecule has 0 amide bonds. The van der Waals surface area contributed by atoms with E-state index in [9.17, 15) is 9.18 Å². The molecule has 2 aromatic rings. The zero-order valence-electron chi connectivity index (χ0n) is 18.4. The molecule has 0 bridgehead atoms. The van der Waals surface area contributed by atoms with E-state index in [4.69, 9.17) is 10.7 Å². The van der Waals surface area contributed by atoms with Crippen molar-refractivity contribution in [3.05, 3.63) is 78.4 Å². The normalized spacial score (nSPS) is 15.2. The van der Waals surface area contributed by atoms with Gasteiger partial charge in [-0.1, -0.05) is 36.4 Å². The number of halogens is 1. The number of benzene rings is 2. The molecule has 4 nitrogen and oxygen atoms in total. The fraction of sp³-hybridized carbons (Fsp3) is 0.333. The summed E-state index contributed by atoms with van der Waals surface area (Å²) < 4.78 is 13.6. The van der Waals surface area contributed by atoms with Crippen LogP contribution in [0.3, 0.4) is 0 Å². The second-order valence-corrected chi connectivity index (χ2v) is 8.02. The molecule has 0 radical (unpaired) electrons. The Balaban J connectivity index is 0.00000218. The van der Waals surface area contributed by atoms with Crippen LogP contribution in [0.5, 0.6) is 0 Å². The lowest BCUT2D eigenvalue weighted by atomic mass is 9.76. The summed E-state index contributed by atoms with van der Waals surface area (Å²) in [5.74, 6) is -0.245. The number of aldehydes is 1. The zero-order valence-corrected chi connectivity index (χ0v) is 19.2. The van der Waals surface area contributed by atoms with E-state index in [-0.39, 0.29) is 0 Å². The smallest absolute Gasteiger partial charge is 0.191 e. The summed E-state index contributed by atoms with van der Waals surface area (Å²) in [6.45, 7) is 9.40. The van der Waals surface area contributed by atoms with Crippen molar-refractivity contribution in [3.8, 4) is 0 Å².